The average Bonchev–Trinajstić information content (AvgIpc) is 3.42. The minimum Gasteiger partial charge on any atom is -0.497 e. The highest BCUT2D eigenvalue weighted by Crippen LogP contribution is 2.37. The minimum absolute atomic E-state index is 0.169. The predicted molar refractivity (Wildman–Crippen MR) is 117 cm³/mol. The number of methoxy groups -OCH3 is 2. The van der Waals surface area contributed by atoms with Gasteiger partial charge in [-0.05, 0) is 17.7 Å². The molecule has 0 radical (unpaired) electrons. The number of hydrogen-bond donors (Lipinski definition) is 1. The summed E-state index contributed by atoms with van der Waals surface area (Å²) in [5, 5.41) is 5.23. The van der Waals surface area contributed by atoms with Crippen LogP contribution in [0.5, 0.6) is 5.75 Å². The Hall–Kier alpha value is -2.46. The molecule has 1 N–H and O–H groups in total. The lowest BCUT2D eigenvalue weighted by Gasteiger charge is -2.37. The summed E-state index contributed by atoms with van der Waals surface area (Å²) in [5.41, 5.74) is 1.91. The van der Waals surface area contributed by atoms with Gasteiger partial charge in [0.15, 0.2) is 5.79 Å². The van der Waals surface area contributed by atoms with Crippen molar-refractivity contribution >= 4 is 28.2 Å². The quantitative estimate of drug-likeness (QED) is 0.683. The average molecular weight is 447 g/mol. The van der Waals surface area contributed by atoms with Crippen molar-refractivity contribution in [3.8, 4) is 16.9 Å². The highest BCUT2D eigenvalue weighted by molar-refractivity contribution is 7.15. The predicted octanol–water partition coefficient (Wildman–Crippen LogP) is 2.99. The number of piperidine rings is 1. The lowest BCUT2D eigenvalue weighted by atomic mass is 10.0. The van der Waals surface area contributed by atoms with Gasteiger partial charge >= 0.3 is 5.97 Å². The van der Waals surface area contributed by atoms with Gasteiger partial charge in [0.2, 0.25) is 5.91 Å². The number of carbonyl (C=O) groups is 2. The summed E-state index contributed by atoms with van der Waals surface area (Å²) in [6, 6.07) is 7.39. The molecular formula is C22H26N2O6S. The van der Waals surface area contributed by atoms with Gasteiger partial charge in [0.1, 0.15) is 16.3 Å². The van der Waals surface area contributed by atoms with E-state index in [0.29, 0.717) is 29.3 Å². The monoisotopic (exact) mass is 446 g/mol. The van der Waals surface area contributed by atoms with Crippen molar-refractivity contribution in [1.29, 1.82) is 0 Å². The molecule has 166 valence electrons. The maximum atomic E-state index is 12.7. The largest absolute Gasteiger partial charge is 0.497 e. The first-order chi connectivity index (χ1) is 15.0. The summed E-state index contributed by atoms with van der Waals surface area (Å²) < 4.78 is 21.7. The second-order valence-electron chi connectivity index (χ2n) is 7.51. The van der Waals surface area contributed by atoms with Crippen LogP contribution in [0, 0.1) is 0 Å². The van der Waals surface area contributed by atoms with Crippen LogP contribution in [0.15, 0.2) is 29.6 Å². The third kappa shape index (κ3) is 4.74. The maximum Gasteiger partial charge on any atom is 0.341 e. The molecule has 0 unspecified atom stereocenters. The molecule has 1 aromatic heterocycles. The van der Waals surface area contributed by atoms with Crippen LogP contribution in [0.3, 0.4) is 0 Å². The first-order valence-electron chi connectivity index (χ1n) is 10.2. The van der Waals surface area contributed by atoms with Crippen LogP contribution in [-0.4, -0.2) is 69.6 Å². The molecule has 3 heterocycles. The van der Waals surface area contributed by atoms with E-state index in [4.69, 9.17) is 18.9 Å². The molecule has 0 atom stereocenters. The highest BCUT2D eigenvalue weighted by atomic mass is 32.1. The van der Waals surface area contributed by atoms with E-state index < -0.39 is 11.8 Å². The van der Waals surface area contributed by atoms with Gasteiger partial charge in [-0.2, -0.15) is 0 Å². The Bertz CT molecular complexity index is 926. The van der Waals surface area contributed by atoms with E-state index in [9.17, 15) is 9.59 Å². The van der Waals surface area contributed by atoms with Gasteiger partial charge < -0.3 is 24.3 Å². The van der Waals surface area contributed by atoms with Crippen molar-refractivity contribution in [2.45, 2.75) is 18.6 Å². The Labute approximate surface area is 185 Å². The van der Waals surface area contributed by atoms with Crippen LogP contribution in [0.2, 0.25) is 0 Å². The number of benzene rings is 1. The van der Waals surface area contributed by atoms with Crippen molar-refractivity contribution in [2.24, 2.45) is 0 Å². The Morgan fingerprint density at radius 2 is 1.81 bits per heavy atom. The van der Waals surface area contributed by atoms with Gasteiger partial charge in [-0.15, -0.1) is 11.3 Å². The Balaban J connectivity index is 1.44. The van der Waals surface area contributed by atoms with Crippen molar-refractivity contribution in [3.05, 3.63) is 35.2 Å². The third-order valence-corrected chi connectivity index (χ3v) is 6.53. The lowest BCUT2D eigenvalue weighted by molar-refractivity contribution is -0.185. The fraction of sp³-hybridized carbons (Fsp3) is 0.455. The lowest BCUT2D eigenvalue weighted by Crippen LogP contribution is -2.47. The molecule has 2 fully saturated rings. The van der Waals surface area contributed by atoms with Gasteiger partial charge in [-0.1, -0.05) is 12.1 Å². The van der Waals surface area contributed by atoms with Crippen LogP contribution >= 0.6 is 11.3 Å². The van der Waals surface area contributed by atoms with Crippen molar-refractivity contribution < 1.29 is 28.5 Å². The first-order valence-corrected chi connectivity index (χ1v) is 11.1. The molecule has 0 bridgehead atoms. The molecular weight excluding hydrogens is 420 g/mol. The number of likely N-dealkylation sites (tertiary alicyclic amines) is 1. The molecule has 8 nitrogen and oxygen atoms in total. The van der Waals surface area contributed by atoms with Crippen LogP contribution < -0.4 is 10.1 Å². The molecule has 9 heteroatoms. The standard InChI is InChI=1S/C22H26N2O6S/c1-27-16-5-3-15(4-6-16)17-14-31-20(19(17)21(26)28-2)23-18(25)13-24-9-7-22(8-10-24)29-11-12-30-22/h3-6,14H,7-13H2,1-2H3,(H,23,25). The summed E-state index contributed by atoms with van der Waals surface area (Å²) in [5.74, 6) is -0.398. The summed E-state index contributed by atoms with van der Waals surface area (Å²) in [7, 11) is 2.93. The highest BCUT2D eigenvalue weighted by Gasteiger charge is 2.40. The van der Waals surface area contributed by atoms with Gasteiger partial charge in [-0.25, -0.2) is 4.79 Å². The summed E-state index contributed by atoms with van der Waals surface area (Å²) in [6.07, 6.45) is 1.49. The van der Waals surface area contributed by atoms with Gasteiger partial charge in [0.25, 0.3) is 0 Å². The van der Waals surface area contributed by atoms with Gasteiger partial charge in [0, 0.05) is 36.9 Å². The number of nitrogens with zero attached hydrogens (tertiary/aromatic N) is 1. The zero-order valence-electron chi connectivity index (χ0n) is 17.6. The number of anilines is 1. The molecule has 2 aliphatic rings. The van der Waals surface area contributed by atoms with E-state index in [-0.39, 0.29) is 12.5 Å². The Morgan fingerprint density at radius 1 is 1.13 bits per heavy atom. The molecule has 2 saturated heterocycles. The Morgan fingerprint density at radius 3 is 2.42 bits per heavy atom. The molecule has 2 aromatic rings. The number of nitrogens with one attached hydrogen (secondary N) is 1. The van der Waals surface area contributed by atoms with E-state index in [1.54, 1.807) is 7.11 Å². The second kappa shape index (κ2) is 9.35. The van der Waals surface area contributed by atoms with Gasteiger partial charge in [-0.3, -0.25) is 9.69 Å². The topological polar surface area (TPSA) is 86.3 Å². The zero-order valence-corrected chi connectivity index (χ0v) is 18.5. The molecule has 1 spiro atoms. The molecule has 0 aliphatic carbocycles. The van der Waals surface area contributed by atoms with Crippen LogP contribution in [0.25, 0.3) is 11.1 Å². The molecule has 31 heavy (non-hydrogen) atoms. The number of carbonyl (C=O) groups excluding carboxylic acids is 2. The molecule has 1 amide bonds. The maximum absolute atomic E-state index is 12.7. The van der Waals surface area contributed by atoms with Crippen molar-refractivity contribution in [2.75, 3.05) is 52.4 Å². The number of rotatable bonds is 6. The van der Waals surface area contributed by atoms with E-state index >= 15 is 0 Å². The molecule has 2 aliphatic heterocycles. The van der Waals surface area contributed by atoms with Crippen LogP contribution in [0.4, 0.5) is 5.00 Å². The summed E-state index contributed by atoms with van der Waals surface area (Å²) in [6.45, 7) is 2.95. The third-order valence-electron chi connectivity index (χ3n) is 5.63. The zero-order chi connectivity index (χ0) is 21.8. The second-order valence-corrected chi connectivity index (χ2v) is 8.39. The normalized spacial score (nSPS) is 18.1. The number of esters is 1. The number of amides is 1. The molecule has 0 saturated carbocycles. The van der Waals surface area contributed by atoms with E-state index in [2.05, 4.69) is 10.2 Å². The van der Waals surface area contributed by atoms with E-state index in [1.165, 1.54) is 18.4 Å². The van der Waals surface area contributed by atoms with Gasteiger partial charge in [0.05, 0.1) is 34.0 Å². The summed E-state index contributed by atoms with van der Waals surface area (Å²) in [4.78, 5) is 27.3. The van der Waals surface area contributed by atoms with Crippen LogP contribution in [-0.2, 0) is 19.0 Å². The number of thiophene rings is 1. The minimum atomic E-state index is -0.488. The number of hydrogen-bond acceptors (Lipinski definition) is 8. The van der Waals surface area contributed by atoms with E-state index in [0.717, 1.165) is 37.2 Å². The number of ether oxygens (including phenoxy) is 4. The summed E-state index contributed by atoms with van der Waals surface area (Å²) >= 11 is 1.31. The van der Waals surface area contributed by atoms with Crippen molar-refractivity contribution in [3.63, 3.8) is 0 Å². The fourth-order valence-corrected chi connectivity index (χ4v) is 4.92. The van der Waals surface area contributed by atoms with E-state index in [1.807, 2.05) is 29.6 Å². The van der Waals surface area contributed by atoms with Crippen LogP contribution in [0.1, 0.15) is 23.2 Å². The SMILES string of the molecule is COC(=O)c1c(-c2ccc(OC)cc2)csc1NC(=O)CN1CCC2(CC1)OCCO2. The molecule has 1 aromatic carbocycles. The molecule has 4 rings (SSSR count). The first kappa shape index (κ1) is 21.8. The smallest absolute Gasteiger partial charge is 0.341 e. The Kier molecular flexibility index (Phi) is 6.57. The van der Waals surface area contributed by atoms with Crippen molar-refractivity contribution in [1.82, 2.24) is 4.90 Å². The fourth-order valence-electron chi connectivity index (χ4n) is 3.94.